The highest BCUT2D eigenvalue weighted by molar-refractivity contribution is 6.29. The molecule has 2 fully saturated rings. The quantitative estimate of drug-likeness (QED) is 0.199. The van der Waals surface area contributed by atoms with Crippen molar-refractivity contribution in [2.45, 2.75) is 39.8 Å². The van der Waals surface area contributed by atoms with Crippen LogP contribution in [0.15, 0.2) is 46.9 Å². The van der Waals surface area contributed by atoms with E-state index in [0.717, 1.165) is 24.0 Å². The lowest BCUT2D eigenvalue weighted by Crippen LogP contribution is -2.38. The number of aromatic nitrogens is 2. The van der Waals surface area contributed by atoms with E-state index in [0.29, 0.717) is 74.6 Å². The molecule has 0 saturated carbocycles. The third-order valence-electron chi connectivity index (χ3n) is 7.19. The minimum Gasteiger partial charge on any atom is -0.336 e. The smallest absolute Gasteiger partial charge is 0.274 e. The molecule has 2 aliphatic heterocycles. The Kier molecular flexibility index (Phi) is 9.76. The van der Waals surface area contributed by atoms with Crippen LogP contribution in [0, 0.1) is 25.6 Å². The van der Waals surface area contributed by atoms with Gasteiger partial charge in [0.05, 0.1) is 0 Å². The van der Waals surface area contributed by atoms with E-state index >= 15 is 0 Å². The molecule has 4 heterocycles. The number of hydrogen-bond acceptors (Lipinski definition) is 6. The van der Waals surface area contributed by atoms with Gasteiger partial charge in [-0.2, -0.15) is 0 Å². The first-order chi connectivity index (χ1) is 19.5. The summed E-state index contributed by atoms with van der Waals surface area (Å²) < 4.78 is 0. The van der Waals surface area contributed by atoms with Gasteiger partial charge in [-0.05, 0) is 41.5 Å². The van der Waals surface area contributed by atoms with E-state index in [1.165, 1.54) is 0 Å². The normalized spacial score (nSPS) is 17.8. The van der Waals surface area contributed by atoms with Crippen LogP contribution < -0.4 is 0 Å². The van der Waals surface area contributed by atoms with Gasteiger partial charge in [0.1, 0.15) is 20.5 Å². The second-order valence-corrected chi connectivity index (χ2v) is 11.5. The molecule has 0 radical (unpaired) electrons. The number of hydrogen-bond donors (Lipinski definition) is 0. The van der Waals surface area contributed by atoms with Gasteiger partial charge in [0.15, 0.2) is 10.1 Å². The molecule has 220 valence electrons. The first kappa shape index (κ1) is 30.2. The van der Waals surface area contributed by atoms with Crippen molar-refractivity contribution in [3.05, 3.63) is 78.3 Å². The van der Waals surface area contributed by atoms with Crippen LogP contribution in [0.25, 0.3) is 0 Å². The molecule has 0 spiro atoms. The average Bonchev–Trinajstić information content (AvgIpc) is 3.46. The molecule has 4 rings (SSSR count). The molecule has 41 heavy (non-hydrogen) atoms. The minimum absolute atomic E-state index is 0.152. The molecule has 0 N–H and O–H groups in total. The zero-order valence-electron chi connectivity index (χ0n) is 22.9. The van der Waals surface area contributed by atoms with Gasteiger partial charge in [-0.3, -0.25) is 0 Å². The molecule has 2 aromatic rings. The fraction of sp³-hybridized carbons (Fsp3) is 0.520. The van der Waals surface area contributed by atoms with Gasteiger partial charge in [0.2, 0.25) is 0 Å². The molecule has 2 aromatic heterocycles. The second-order valence-electron chi connectivity index (χ2n) is 10.7. The lowest BCUT2D eigenvalue weighted by atomic mass is 9.85. The lowest BCUT2D eigenvalue weighted by molar-refractivity contribution is -0.486. The van der Waals surface area contributed by atoms with Crippen molar-refractivity contribution in [3.8, 4) is 0 Å². The highest BCUT2D eigenvalue weighted by Gasteiger charge is 2.33. The third kappa shape index (κ3) is 8.60. The van der Waals surface area contributed by atoms with Crippen LogP contribution in [-0.4, -0.2) is 90.8 Å². The summed E-state index contributed by atoms with van der Waals surface area (Å²) in [5.74, 6) is 0.654. The summed E-state index contributed by atoms with van der Waals surface area (Å²) in [5.41, 5.74) is 1.61. The Balaban J connectivity index is 1.34. The Labute approximate surface area is 247 Å². The fourth-order valence-electron chi connectivity index (χ4n) is 4.85. The first-order valence-electron chi connectivity index (χ1n) is 13.2. The second kappa shape index (κ2) is 13.3. The number of nitrogens with zero attached hydrogens (tertiary/aromatic N) is 10. The van der Waals surface area contributed by atoms with E-state index in [9.17, 15) is 20.2 Å². The van der Waals surface area contributed by atoms with E-state index in [1.807, 2.05) is 31.7 Å². The number of halogens is 2. The summed E-state index contributed by atoms with van der Waals surface area (Å²) in [7, 11) is 0. The number of rotatable bonds is 12. The molecule has 2 aliphatic rings. The largest absolute Gasteiger partial charge is 0.336 e. The zero-order chi connectivity index (χ0) is 29.6. The molecule has 0 amide bonds. The van der Waals surface area contributed by atoms with Crippen LogP contribution in [0.3, 0.4) is 0 Å². The summed E-state index contributed by atoms with van der Waals surface area (Å²) in [6.07, 6.45) is 4.80. The minimum atomic E-state index is -0.665. The van der Waals surface area contributed by atoms with E-state index in [4.69, 9.17) is 23.2 Å². The fourth-order valence-corrected chi connectivity index (χ4v) is 5.07. The zero-order valence-corrected chi connectivity index (χ0v) is 24.4. The van der Waals surface area contributed by atoms with E-state index < -0.39 is 10.1 Å². The van der Waals surface area contributed by atoms with Crippen LogP contribution in [0.1, 0.15) is 37.8 Å². The Morgan fingerprint density at radius 2 is 1.15 bits per heavy atom. The summed E-state index contributed by atoms with van der Waals surface area (Å²) >= 11 is 11.8. The maximum atomic E-state index is 11.3. The van der Waals surface area contributed by atoms with Crippen molar-refractivity contribution in [3.63, 3.8) is 0 Å². The van der Waals surface area contributed by atoms with Crippen molar-refractivity contribution in [2.75, 3.05) is 39.3 Å². The highest BCUT2D eigenvalue weighted by atomic mass is 35.5. The van der Waals surface area contributed by atoms with Gasteiger partial charge in [-0.1, -0.05) is 49.2 Å². The number of pyridine rings is 2. The van der Waals surface area contributed by atoms with Crippen molar-refractivity contribution in [1.29, 1.82) is 0 Å². The molecular formula is C25H32Cl2N10O4. The van der Waals surface area contributed by atoms with Crippen molar-refractivity contribution in [1.82, 2.24) is 29.6 Å². The Hall–Kier alpha value is -3.78. The summed E-state index contributed by atoms with van der Waals surface area (Å²) in [4.78, 5) is 38.4. The maximum Gasteiger partial charge on any atom is 0.274 e. The van der Waals surface area contributed by atoms with Crippen LogP contribution >= 0.6 is 23.2 Å². The van der Waals surface area contributed by atoms with Crippen LogP contribution in [0.2, 0.25) is 10.3 Å². The van der Waals surface area contributed by atoms with E-state index in [2.05, 4.69) is 34.0 Å². The van der Waals surface area contributed by atoms with Crippen LogP contribution in [0.5, 0.6) is 0 Å². The monoisotopic (exact) mass is 606 g/mol. The van der Waals surface area contributed by atoms with Gasteiger partial charge >= 0.3 is 0 Å². The standard InChI is InChI=1S/C25H32Cl2N10O4/c1-25(2,7-9-32-11-13-34(23(32)30-36(38)39)17-19-3-5-21(26)28-15-19)8-10-33-12-14-35(24(33)31-37(40)41)18-20-4-6-22(27)29-16-20/h3-6,15-16H,7-14,17-18H2,1-2H3/b30-23-,31-24-. The van der Waals surface area contributed by atoms with Gasteiger partial charge < -0.3 is 19.6 Å². The molecule has 2 saturated heterocycles. The molecule has 0 aliphatic carbocycles. The van der Waals surface area contributed by atoms with E-state index in [1.54, 1.807) is 24.5 Å². The number of nitro groups is 2. The van der Waals surface area contributed by atoms with E-state index in [-0.39, 0.29) is 5.41 Å². The van der Waals surface area contributed by atoms with Crippen LogP contribution in [-0.2, 0) is 13.1 Å². The SMILES string of the molecule is CC(C)(CCN1CCN(Cc2ccc(Cl)nc2)/C1=N\[N+](=O)[O-])CCN1CCN(Cc2ccc(Cl)nc2)/C1=N\[N+](=O)[O-]. The average molecular weight is 608 g/mol. The molecule has 0 aromatic carbocycles. The molecule has 14 nitrogen and oxygen atoms in total. The van der Waals surface area contributed by atoms with Gasteiger partial charge in [0, 0.05) is 64.8 Å². The summed E-state index contributed by atoms with van der Waals surface area (Å²) in [6, 6.07) is 7.06. The molecule has 0 bridgehead atoms. The number of hydrazone groups is 2. The van der Waals surface area contributed by atoms with Gasteiger partial charge in [-0.25, -0.2) is 30.2 Å². The predicted molar refractivity (Wildman–Crippen MR) is 154 cm³/mol. The topological polar surface area (TPSA) is 150 Å². The van der Waals surface area contributed by atoms with Crippen molar-refractivity contribution >= 4 is 35.1 Å². The number of guanidine groups is 2. The summed E-state index contributed by atoms with van der Waals surface area (Å²) in [6.45, 7) is 8.73. The Bertz CT molecular complexity index is 1190. The molecule has 16 heteroatoms. The van der Waals surface area contributed by atoms with Crippen molar-refractivity contribution in [2.24, 2.45) is 15.6 Å². The summed E-state index contributed by atoms with van der Waals surface area (Å²) in [5, 5.41) is 29.4. The molecular weight excluding hydrogens is 575 g/mol. The predicted octanol–water partition coefficient (Wildman–Crippen LogP) is 3.62. The Morgan fingerprint density at radius 3 is 1.49 bits per heavy atom. The lowest BCUT2D eigenvalue weighted by Gasteiger charge is -2.30. The maximum absolute atomic E-state index is 11.3. The van der Waals surface area contributed by atoms with Crippen molar-refractivity contribution < 1.29 is 10.1 Å². The highest BCUT2D eigenvalue weighted by Crippen LogP contribution is 2.28. The molecule has 0 unspecified atom stereocenters. The van der Waals surface area contributed by atoms with Crippen LogP contribution in [0.4, 0.5) is 0 Å². The van der Waals surface area contributed by atoms with Gasteiger partial charge in [0.25, 0.3) is 11.9 Å². The molecule has 0 atom stereocenters. The Morgan fingerprint density at radius 1 is 0.756 bits per heavy atom. The third-order valence-corrected chi connectivity index (χ3v) is 7.64. The first-order valence-corrected chi connectivity index (χ1v) is 13.9. The van der Waals surface area contributed by atoms with Gasteiger partial charge in [-0.15, -0.1) is 0 Å².